The van der Waals surface area contributed by atoms with Crippen molar-refractivity contribution < 1.29 is 13.0 Å². The van der Waals surface area contributed by atoms with Crippen LogP contribution in [0.1, 0.15) is 58.8 Å². The van der Waals surface area contributed by atoms with Crippen LogP contribution >= 0.6 is 0 Å². The molecule has 0 aromatic carbocycles. The molecule has 4 aliphatic carbocycles. The molecule has 2 N–H and O–H groups in total. The van der Waals surface area contributed by atoms with Gasteiger partial charge in [0.25, 0.3) is 10.1 Å². The van der Waals surface area contributed by atoms with Crippen LogP contribution in [0, 0.1) is 16.7 Å². The van der Waals surface area contributed by atoms with Crippen molar-refractivity contribution >= 4 is 10.1 Å². The van der Waals surface area contributed by atoms with E-state index >= 15 is 0 Å². The van der Waals surface area contributed by atoms with Crippen molar-refractivity contribution in [3.8, 4) is 0 Å². The first kappa shape index (κ1) is 14.8. The molecule has 0 spiro atoms. The maximum atomic E-state index is 10.8. The molecule has 0 radical (unpaired) electrons. The summed E-state index contributed by atoms with van der Waals surface area (Å²) in [5.74, 6) is 0.712. The van der Waals surface area contributed by atoms with Gasteiger partial charge in [-0.3, -0.25) is 4.55 Å². The number of hydrogen-bond donors (Lipinski definition) is 2. The predicted molar refractivity (Wildman–Crippen MR) is 79.2 cm³/mol. The average Bonchev–Trinajstić information content (AvgIpc) is 2.17. The van der Waals surface area contributed by atoms with Gasteiger partial charge in [0, 0.05) is 5.54 Å². The Kier molecular flexibility index (Phi) is 3.28. The second-order valence-electron chi connectivity index (χ2n) is 8.48. The molecule has 2 atom stereocenters. The third-order valence-electron chi connectivity index (χ3n) is 5.71. The first-order valence-corrected chi connectivity index (χ1v) is 9.42. The molecule has 0 heterocycles. The maximum absolute atomic E-state index is 10.8. The lowest BCUT2D eigenvalue weighted by molar-refractivity contribution is -0.117. The van der Waals surface area contributed by atoms with Gasteiger partial charge in [-0.1, -0.05) is 13.8 Å². The van der Waals surface area contributed by atoms with Crippen LogP contribution in [0.4, 0.5) is 0 Å². The van der Waals surface area contributed by atoms with Crippen molar-refractivity contribution in [2.75, 3.05) is 12.3 Å². The van der Waals surface area contributed by atoms with Gasteiger partial charge in [0.05, 0.1) is 5.75 Å². The van der Waals surface area contributed by atoms with E-state index in [1.807, 2.05) is 0 Å². The summed E-state index contributed by atoms with van der Waals surface area (Å²) in [7, 11) is -3.82. The number of nitrogens with one attached hydrogen (secondary N) is 1. The van der Waals surface area contributed by atoms with Crippen LogP contribution in [0.15, 0.2) is 0 Å². The van der Waals surface area contributed by atoms with Crippen LogP contribution < -0.4 is 5.32 Å². The second-order valence-corrected chi connectivity index (χ2v) is 10.0. The lowest BCUT2D eigenvalue weighted by atomic mass is 9.43. The van der Waals surface area contributed by atoms with Gasteiger partial charge in [0.2, 0.25) is 0 Å². The van der Waals surface area contributed by atoms with Gasteiger partial charge < -0.3 is 5.32 Å². The van der Waals surface area contributed by atoms with Gasteiger partial charge in [-0.25, -0.2) is 0 Å². The van der Waals surface area contributed by atoms with E-state index in [1.165, 1.54) is 38.5 Å². The Balaban J connectivity index is 1.64. The first-order valence-electron chi connectivity index (χ1n) is 7.81. The lowest BCUT2D eigenvalue weighted by Gasteiger charge is -2.65. The molecule has 0 aromatic rings. The third-order valence-corrected chi connectivity index (χ3v) is 6.51. The Labute approximate surface area is 122 Å². The standard InChI is InChI=1S/C15H27NO3S/c1-13-6-12-7-14(2,9-13)11-15(8-12,10-13)16-4-3-5-20(17,18)19/h12,16H,3-11H2,1-2H3,(H,17,18,19). The summed E-state index contributed by atoms with van der Waals surface area (Å²) in [5, 5.41) is 3.67. The molecule has 0 amide bonds. The summed E-state index contributed by atoms with van der Waals surface area (Å²) < 4.78 is 30.4. The van der Waals surface area contributed by atoms with Gasteiger partial charge in [-0.15, -0.1) is 0 Å². The van der Waals surface area contributed by atoms with Crippen molar-refractivity contribution in [1.29, 1.82) is 0 Å². The van der Waals surface area contributed by atoms with E-state index in [0.29, 0.717) is 23.8 Å². The van der Waals surface area contributed by atoms with E-state index in [1.54, 1.807) is 0 Å². The van der Waals surface area contributed by atoms with Gasteiger partial charge in [0.1, 0.15) is 0 Å². The van der Waals surface area contributed by atoms with Crippen LogP contribution in [-0.2, 0) is 10.1 Å². The van der Waals surface area contributed by atoms with E-state index in [0.717, 1.165) is 5.92 Å². The van der Waals surface area contributed by atoms with Crippen LogP contribution in [0.3, 0.4) is 0 Å². The van der Waals surface area contributed by atoms with Gasteiger partial charge >= 0.3 is 0 Å². The highest BCUT2D eigenvalue weighted by Gasteiger charge is 2.59. The van der Waals surface area contributed by atoms with Crippen molar-refractivity contribution in [2.24, 2.45) is 16.7 Å². The number of hydrogen-bond acceptors (Lipinski definition) is 3. The molecule has 4 aliphatic rings. The Morgan fingerprint density at radius 3 is 2.20 bits per heavy atom. The molecule has 116 valence electrons. The normalized spacial score (nSPS) is 46.9. The highest BCUT2D eigenvalue weighted by atomic mass is 32.2. The molecular formula is C15H27NO3S. The second kappa shape index (κ2) is 4.43. The minimum absolute atomic E-state index is 0.131. The topological polar surface area (TPSA) is 66.4 Å². The summed E-state index contributed by atoms with van der Waals surface area (Å²) >= 11 is 0. The quantitative estimate of drug-likeness (QED) is 0.605. The molecule has 4 saturated carbocycles. The van der Waals surface area contributed by atoms with E-state index in [-0.39, 0.29) is 11.3 Å². The lowest BCUT2D eigenvalue weighted by Crippen LogP contribution is -2.64. The van der Waals surface area contributed by atoms with Gasteiger partial charge in [-0.05, 0) is 68.2 Å². The van der Waals surface area contributed by atoms with E-state index in [2.05, 4.69) is 19.2 Å². The summed E-state index contributed by atoms with van der Waals surface area (Å²) in [6.45, 7) is 5.56. The molecule has 2 unspecified atom stereocenters. The van der Waals surface area contributed by atoms with Crippen LogP contribution in [-0.4, -0.2) is 30.8 Å². The molecule has 5 heteroatoms. The molecular weight excluding hydrogens is 274 g/mol. The Morgan fingerprint density at radius 1 is 1.10 bits per heavy atom. The van der Waals surface area contributed by atoms with Crippen LogP contribution in [0.25, 0.3) is 0 Å². The molecule has 20 heavy (non-hydrogen) atoms. The smallest absolute Gasteiger partial charge is 0.264 e. The summed E-state index contributed by atoms with van der Waals surface area (Å²) in [4.78, 5) is 0. The zero-order valence-electron chi connectivity index (χ0n) is 12.6. The largest absolute Gasteiger partial charge is 0.311 e. The van der Waals surface area contributed by atoms with Crippen LogP contribution in [0.5, 0.6) is 0 Å². The zero-order chi connectivity index (χ0) is 14.6. The monoisotopic (exact) mass is 301 g/mol. The van der Waals surface area contributed by atoms with Gasteiger partial charge in [0.15, 0.2) is 0 Å². The summed E-state index contributed by atoms with van der Waals surface area (Å²) in [6, 6.07) is 0. The average molecular weight is 301 g/mol. The van der Waals surface area contributed by atoms with Gasteiger partial charge in [-0.2, -0.15) is 8.42 Å². The summed E-state index contributed by atoms with van der Waals surface area (Å²) in [5.41, 5.74) is 1.18. The van der Waals surface area contributed by atoms with E-state index in [9.17, 15) is 8.42 Å². The first-order chi connectivity index (χ1) is 9.11. The van der Waals surface area contributed by atoms with Crippen molar-refractivity contribution in [3.05, 3.63) is 0 Å². The van der Waals surface area contributed by atoms with Crippen molar-refractivity contribution in [1.82, 2.24) is 5.32 Å². The Hall–Kier alpha value is -0.130. The minimum Gasteiger partial charge on any atom is -0.311 e. The molecule has 4 bridgehead atoms. The Morgan fingerprint density at radius 2 is 1.70 bits per heavy atom. The maximum Gasteiger partial charge on any atom is 0.264 e. The highest BCUT2D eigenvalue weighted by Crippen LogP contribution is 2.66. The fraction of sp³-hybridized carbons (Fsp3) is 1.00. The third kappa shape index (κ3) is 2.90. The molecule has 0 aliphatic heterocycles. The highest BCUT2D eigenvalue weighted by molar-refractivity contribution is 7.85. The van der Waals surface area contributed by atoms with Crippen molar-refractivity contribution in [3.63, 3.8) is 0 Å². The fourth-order valence-corrected chi connectivity index (χ4v) is 6.76. The SMILES string of the molecule is CC12CC3CC(C)(C1)CC(NCCCS(=O)(=O)O)(C3)C2. The predicted octanol–water partition coefficient (Wildman–Crippen LogP) is 2.60. The minimum atomic E-state index is -3.82. The van der Waals surface area contributed by atoms with Crippen LogP contribution in [0.2, 0.25) is 0 Å². The van der Waals surface area contributed by atoms with E-state index < -0.39 is 10.1 Å². The molecule has 4 nitrogen and oxygen atoms in total. The molecule has 4 rings (SSSR count). The fourth-order valence-electron chi connectivity index (χ4n) is 6.25. The van der Waals surface area contributed by atoms with Crippen molar-refractivity contribution in [2.45, 2.75) is 64.3 Å². The van der Waals surface area contributed by atoms with E-state index in [4.69, 9.17) is 4.55 Å². The Bertz CT molecular complexity index is 483. The summed E-state index contributed by atoms with van der Waals surface area (Å²) in [6.07, 6.45) is 8.32. The molecule has 0 aromatic heterocycles. The zero-order valence-corrected chi connectivity index (χ0v) is 13.4. The molecule has 4 fully saturated rings. The number of rotatable bonds is 5. The molecule has 0 saturated heterocycles.